The van der Waals surface area contributed by atoms with Gasteiger partial charge in [-0.3, -0.25) is 58.3 Å². The van der Waals surface area contributed by atoms with E-state index in [9.17, 15) is 25.2 Å². The average molecular weight is 834 g/mol. The molecule has 0 saturated carbocycles. The van der Waals surface area contributed by atoms with E-state index >= 15 is 0 Å². The third-order valence-corrected chi connectivity index (χ3v) is 2.11. The van der Waals surface area contributed by atoms with Gasteiger partial charge in [0, 0.05) is 6.20 Å². The summed E-state index contributed by atoms with van der Waals surface area (Å²) in [6.45, 7) is 0. The number of nitrogens with zero attached hydrogens (tertiary/aromatic N) is 6. The zero-order valence-corrected chi connectivity index (χ0v) is 28.4. The van der Waals surface area contributed by atoms with Gasteiger partial charge in [0.15, 0.2) is 0 Å². The van der Waals surface area contributed by atoms with Crippen molar-refractivity contribution in [2.45, 2.75) is 0 Å². The first-order valence-electron chi connectivity index (χ1n) is 9.65. The molecular weight excluding hydrogens is 808 g/mol. The van der Waals surface area contributed by atoms with E-state index in [0.717, 1.165) is 0 Å². The van der Waals surface area contributed by atoms with Gasteiger partial charge in [0.25, 0.3) is 0 Å². The fourth-order valence-electron chi connectivity index (χ4n) is 1.45. The summed E-state index contributed by atoms with van der Waals surface area (Å²) in [6.07, 6.45) is 1.68. The quantitative estimate of drug-likeness (QED) is 0.0545. The molecule has 0 aliphatic carbocycles. The summed E-state index contributed by atoms with van der Waals surface area (Å²) in [4.78, 5) is 98.0. The number of hydrogen-bond acceptors (Lipinski definition) is 11. The minimum Gasteiger partial charge on any atom is -0.753 e. The van der Waals surface area contributed by atoms with Gasteiger partial charge in [-0.1, -0.05) is 0 Å². The van der Waals surface area contributed by atoms with Crippen LogP contribution in [0.2, 0.25) is 0 Å². The Balaban J connectivity index is -0.000000164. The van der Waals surface area contributed by atoms with Gasteiger partial charge in [-0.15, -0.1) is 26.1 Å². The van der Waals surface area contributed by atoms with Crippen molar-refractivity contribution >= 4 is 64.6 Å². The zero-order valence-electron chi connectivity index (χ0n) is 23.1. The third-order valence-electron chi connectivity index (χ3n) is 2.11. The molecule has 0 radical (unpaired) electrons. The van der Waals surface area contributed by atoms with E-state index in [0.29, 0.717) is 17.2 Å². The lowest BCUT2D eigenvalue weighted by molar-refractivity contribution is -0.480. The molecule has 2 aromatic heterocycles. The van der Waals surface area contributed by atoms with Gasteiger partial charge in [0.2, 0.25) is 5.65 Å². The molecule has 11 N–H and O–H groups in total. The number of halogens is 6. The van der Waals surface area contributed by atoms with Crippen LogP contribution in [0.1, 0.15) is 0 Å². The molecule has 2 aromatic rings. The predicted octanol–water partition coefficient (Wildman–Crippen LogP) is -0.896. The third kappa shape index (κ3) is 86.3. The summed E-state index contributed by atoms with van der Waals surface area (Å²) < 4.78 is 116. The summed E-state index contributed by atoms with van der Waals surface area (Å²) in [5, 5.41) is 7.87. The second kappa shape index (κ2) is 23.6. The molecule has 0 aliphatic heterocycles. The van der Waals surface area contributed by atoms with Crippen LogP contribution in [-0.4, -0.2) is 118 Å². The van der Waals surface area contributed by atoms with Crippen molar-refractivity contribution in [3.63, 3.8) is 0 Å². The van der Waals surface area contributed by atoms with Crippen LogP contribution >= 0.6 is 47.4 Å². The summed E-state index contributed by atoms with van der Waals surface area (Å²) in [5.41, 5.74) is 1.29. The Morgan fingerprint density at radius 3 is 1.26 bits per heavy atom. The zero-order chi connectivity index (χ0) is 39.4. The van der Waals surface area contributed by atoms with Crippen LogP contribution < -0.4 is 9.73 Å². The first-order chi connectivity index (χ1) is 20.1. The fourth-order valence-corrected chi connectivity index (χ4v) is 1.45. The molecule has 0 bridgehead atoms. The van der Waals surface area contributed by atoms with Crippen LogP contribution in [0, 0.1) is 0 Å². The van der Waals surface area contributed by atoms with Crippen LogP contribution in [0.25, 0.3) is 11.2 Å². The van der Waals surface area contributed by atoms with Crippen molar-refractivity contribution in [1.82, 2.24) is 25.0 Å². The van der Waals surface area contributed by atoms with Crippen LogP contribution in [0.15, 0.2) is 18.3 Å². The van der Waals surface area contributed by atoms with E-state index in [1.165, 1.54) is 4.85 Å². The van der Waals surface area contributed by atoms with Gasteiger partial charge in [0.05, 0.1) is 28.2 Å². The molecule has 0 spiro atoms. The van der Waals surface area contributed by atoms with Crippen molar-refractivity contribution < 1.29 is 121 Å². The van der Waals surface area contributed by atoms with Crippen molar-refractivity contribution in [3.05, 3.63) is 18.3 Å². The van der Waals surface area contributed by atoms with Crippen molar-refractivity contribution in [2.24, 2.45) is 0 Å². The largest absolute Gasteiger partial charge is 0.753 e. The Hall–Kier alpha value is -1.70. The molecule has 0 aliphatic rings. The monoisotopic (exact) mass is 834 g/mol. The summed E-state index contributed by atoms with van der Waals surface area (Å²) in [7, 11) is -23.5. The molecule has 1 atom stereocenters. The van der Waals surface area contributed by atoms with Gasteiger partial charge in [0.1, 0.15) is 5.52 Å². The lowest BCUT2D eigenvalue weighted by atomic mass is 10.4. The van der Waals surface area contributed by atoms with E-state index in [1.807, 2.05) is 49.8 Å². The molecule has 25 nitrogen and oxygen atoms in total. The lowest BCUT2D eigenvalue weighted by Gasteiger charge is -2.09. The highest BCUT2D eigenvalue weighted by molar-refractivity contribution is 7.46. The van der Waals surface area contributed by atoms with Gasteiger partial charge >= 0.3 is 53.5 Å². The van der Waals surface area contributed by atoms with Crippen LogP contribution in [0.3, 0.4) is 0 Å². The van der Waals surface area contributed by atoms with Crippen LogP contribution in [0.4, 0.5) is 25.2 Å². The number of aromatic nitrogens is 4. The molecule has 2 rings (SSSR count). The van der Waals surface area contributed by atoms with Crippen LogP contribution in [-0.2, 0) is 27.4 Å². The Bertz CT molecular complexity index is 1290. The van der Waals surface area contributed by atoms with E-state index in [4.69, 9.17) is 90.9 Å². The minimum atomic E-state index is -5.39. The maximum absolute atomic E-state index is 10.4. The number of amidine groups is 1. The Labute approximate surface area is 257 Å². The maximum Gasteiger partial charge on any atom is 0.507 e. The smallest absolute Gasteiger partial charge is 0.507 e. The Kier molecular flexibility index (Phi) is 27.5. The predicted molar refractivity (Wildman–Crippen MR) is 139 cm³/mol. The molecular formula is C10H26F6N6O19P6. The molecule has 47 heavy (non-hydrogen) atoms. The standard InChI is InChI=1S/C10H15N6O.6FH2O3P/c1-14(2)10(15(3)4)17-16-9-8(12-13-16)6-5-7-11-9;6*1-5(2,3)4/h5-7H,1-4H3;6*(H2,2,3,4)/q+1;;;;;;/p-1. The van der Waals surface area contributed by atoms with E-state index in [-0.39, 0.29) is 0 Å². The molecule has 0 amide bonds. The number of pyridine rings is 1. The highest BCUT2D eigenvalue weighted by Gasteiger charge is 2.18. The molecule has 282 valence electrons. The van der Waals surface area contributed by atoms with E-state index < -0.39 is 47.4 Å². The van der Waals surface area contributed by atoms with Crippen LogP contribution in [0.5, 0.6) is 0 Å². The normalized spacial score (nSPS) is 12.3. The lowest BCUT2D eigenvalue weighted by Crippen LogP contribution is -2.39. The van der Waals surface area contributed by atoms with E-state index in [1.54, 1.807) is 6.20 Å². The highest BCUT2D eigenvalue weighted by Crippen LogP contribution is 2.36. The average Bonchev–Trinajstić information content (AvgIpc) is 3.07. The van der Waals surface area contributed by atoms with Gasteiger partial charge in [-0.2, -0.15) is 4.20 Å². The summed E-state index contributed by atoms with van der Waals surface area (Å²) >= 11 is 0. The first kappa shape index (κ1) is 54.7. The Morgan fingerprint density at radius 1 is 0.745 bits per heavy atom. The molecule has 0 saturated heterocycles. The molecule has 0 aromatic carbocycles. The number of rotatable bonds is 1. The molecule has 0 fully saturated rings. The molecule has 1 unspecified atom stereocenters. The highest BCUT2D eigenvalue weighted by atomic mass is 31.2. The van der Waals surface area contributed by atoms with Crippen molar-refractivity contribution in [2.75, 3.05) is 28.2 Å². The maximum atomic E-state index is 10.4. The second-order valence-corrected chi connectivity index (χ2v) is 12.4. The van der Waals surface area contributed by atoms with Crippen molar-refractivity contribution in [3.8, 4) is 0 Å². The molecule has 2 heterocycles. The second-order valence-electron chi connectivity index (χ2n) is 6.79. The van der Waals surface area contributed by atoms with Crippen molar-refractivity contribution in [1.29, 1.82) is 0 Å². The molecule has 37 heteroatoms. The Morgan fingerprint density at radius 2 is 1.02 bits per heavy atom. The van der Waals surface area contributed by atoms with E-state index in [2.05, 4.69) is 15.3 Å². The summed E-state index contributed by atoms with van der Waals surface area (Å²) in [5.74, 6) is 0. The van der Waals surface area contributed by atoms with Gasteiger partial charge < -0.3 is 9.79 Å². The number of fused-ring (bicyclic) bond motifs is 1. The SMILES string of the molecule is CN(C)C(On1nnc2cccnc21)=[N+](C)C.O=P(O)(O)F.O=P(O)(O)F.O=P(O)(O)F.O=P(O)(O)F.O=P(O)(O)F.O=P([O-])(O)F. The number of hydrogen-bond donors (Lipinski definition) is 11. The van der Waals surface area contributed by atoms with Gasteiger partial charge in [-0.05, 0) is 22.2 Å². The minimum absolute atomic E-state index is 0.591. The summed E-state index contributed by atoms with van der Waals surface area (Å²) in [6, 6.07) is 4.28. The van der Waals surface area contributed by atoms with Gasteiger partial charge in [-0.25, -0.2) is 37.3 Å². The topological polar surface area (TPSA) is 407 Å². The fraction of sp³-hybridized carbons (Fsp3) is 0.400. The first-order valence-corrected chi connectivity index (χ1v) is 18.6.